The molecule has 0 rings (SSSR count). The maximum Gasteiger partial charge on any atom is 1.00 e. The molecular formula is C6H16NNaO6S. The average molecular weight is 253 g/mol. The number of hydrogen-bond donors (Lipinski definition) is 4. The van der Waals surface area contributed by atoms with Crippen LogP contribution in [0.5, 0.6) is 0 Å². The molecule has 0 aliphatic heterocycles. The fourth-order valence-corrected chi connectivity index (χ4v) is 0.609. The SMILES string of the molecule is CC(C)CC(N)C(=O)O.O=S(=O)(O)O.[H-].[Na+]. The molecule has 5 N–H and O–H groups in total. The number of rotatable bonds is 3. The van der Waals surface area contributed by atoms with Crippen LogP contribution < -0.4 is 35.3 Å². The molecule has 0 heterocycles. The first-order valence-corrected chi connectivity index (χ1v) is 5.12. The van der Waals surface area contributed by atoms with E-state index in [4.69, 9.17) is 28.4 Å². The minimum absolute atomic E-state index is 0. The van der Waals surface area contributed by atoms with Gasteiger partial charge in [-0.25, -0.2) is 0 Å². The average Bonchev–Trinajstić information content (AvgIpc) is 1.80. The Hall–Kier alpha value is 0.300. The Bertz CT molecular complexity index is 262. The van der Waals surface area contributed by atoms with Crippen molar-refractivity contribution in [3.63, 3.8) is 0 Å². The van der Waals surface area contributed by atoms with Gasteiger partial charge in [-0.05, 0) is 12.3 Å². The smallest absolute Gasteiger partial charge is 1.00 e. The van der Waals surface area contributed by atoms with Gasteiger partial charge in [0.1, 0.15) is 6.04 Å². The molecular weight excluding hydrogens is 237 g/mol. The number of carboxylic acid groups (broad SMARTS) is 1. The van der Waals surface area contributed by atoms with Gasteiger partial charge in [-0.15, -0.1) is 0 Å². The van der Waals surface area contributed by atoms with Crippen LogP contribution in [0.3, 0.4) is 0 Å². The molecule has 0 amide bonds. The van der Waals surface area contributed by atoms with E-state index in [1.807, 2.05) is 13.8 Å². The van der Waals surface area contributed by atoms with E-state index >= 15 is 0 Å². The van der Waals surface area contributed by atoms with Crippen molar-refractivity contribution in [2.24, 2.45) is 11.7 Å². The Morgan fingerprint density at radius 3 is 1.73 bits per heavy atom. The third kappa shape index (κ3) is 31.4. The summed E-state index contributed by atoms with van der Waals surface area (Å²) < 4.78 is 31.6. The largest absolute Gasteiger partial charge is 1.00 e. The van der Waals surface area contributed by atoms with E-state index in [-0.39, 0.29) is 31.0 Å². The second kappa shape index (κ2) is 9.52. The summed E-state index contributed by atoms with van der Waals surface area (Å²) in [6.45, 7) is 3.89. The summed E-state index contributed by atoms with van der Waals surface area (Å²) in [5.74, 6) is -0.556. The topological polar surface area (TPSA) is 138 Å². The van der Waals surface area contributed by atoms with E-state index in [2.05, 4.69) is 0 Å². The van der Waals surface area contributed by atoms with Gasteiger partial charge in [0.25, 0.3) is 0 Å². The maximum atomic E-state index is 10.1. The quantitative estimate of drug-likeness (QED) is 0.309. The molecule has 0 bridgehead atoms. The summed E-state index contributed by atoms with van der Waals surface area (Å²) in [6.07, 6.45) is 0.551. The van der Waals surface area contributed by atoms with Gasteiger partial charge < -0.3 is 12.3 Å². The van der Waals surface area contributed by atoms with Crippen LogP contribution in [-0.4, -0.2) is 34.6 Å². The normalized spacial score (nSPS) is 12.1. The number of carboxylic acids is 1. The first-order valence-electron chi connectivity index (χ1n) is 3.72. The molecule has 1 atom stereocenters. The zero-order valence-corrected chi connectivity index (χ0v) is 11.7. The van der Waals surface area contributed by atoms with Crippen LogP contribution >= 0.6 is 0 Å². The Labute approximate surface area is 112 Å². The molecule has 88 valence electrons. The van der Waals surface area contributed by atoms with Crippen LogP contribution in [0.15, 0.2) is 0 Å². The molecule has 0 radical (unpaired) electrons. The number of aliphatic carboxylic acids is 1. The molecule has 0 saturated carbocycles. The number of nitrogens with two attached hydrogens (primary N) is 1. The molecule has 0 spiro atoms. The fraction of sp³-hybridized carbons (Fsp3) is 0.833. The van der Waals surface area contributed by atoms with Crippen LogP contribution in [0.2, 0.25) is 0 Å². The zero-order valence-electron chi connectivity index (χ0n) is 9.91. The van der Waals surface area contributed by atoms with E-state index < -0.39 is 22.4 Å². The number of carbonyl (C=O) groups is 1. The minimum Gasteiger partial charge on any atom is -1.00 e. The van der Waals surface area contributed by atoms with Crippen LogP contribution in [0.1, 0.15) is 21.7 Å². The van der Waals surface area contributed by atoms with E-state index in [1.54, 1.807) is 0 Å². The summed E-state index contributed by atoms with van der Waals surface area (Å²) in [4.78, 5) is 10.1. The molecule has 7 nitrogen and oxygen atoms in total. The second-order valence-corrected chi connectivity index (χ2v) is 3.92. The van der Waals surface area contributed by atoms with Crippen molar-refractivity contribution in [1.82, 2.24) is 0 Å². The van der Waals surface area contributed by atoms with E-state index in [0.717, 1.165) is 0 Å². The maximum absolute atomic E-state index is 10.1. The first kappa shape index (κ1) is 20.7. The van der Waals surface area contributed by atoms with Gasteiger partial charge in [-0.2, -0.15) is 8.42 Å². The van der Waals surface area contributed by atoms with Gasteiger partial charge in [0, 0.05) is 0 Å². The predicted octanol–water partition coefficient (Wildman–Crippen LogP) is -3.09. The molecule has 0 aromatic rings. The van der Waals surface area contributed by atoms with Gasteiger partial charge in [-0.1, -0.05) is 13.8 Å². The minimum atomic E-state index is -4.67. The van der Waals surface area contributed by atoms with Gasteiger partial charge in [0.05, 0.1) is 0 Å². The standard InChI is InChI=1S/C6H13NO2.Na.H2O4S.H/c1-4(2)3-5(7)6(8)9;;1-5(2,3)4;/h4-5H,3,7H2,1-2H3,(H,8,9);;(H2,1,2,3,4);/q;+1;;-1. The first-order chi connectivity index (χ1) is 6.04. The van der Waals surface area contributed by atoms with Gasteiger partial charge in [0.2, 0.25) is 0 Å². The second-order valence-electron chi connectivity index (χ2n) is 3.02. The Morgan fingerprint density at radius 1 is 1.40 bits per heavy atom. The van der Waals surface area contributed by atoms with Crippen molar-refractivity contribution in [1.29, 1.82) is 0 Å². The molecule has 1 unspecified atom stereocenters. The van der Waals surface area contributed by atoms with Crippen molar-refractivity contribution in [2.45, 2.75) is 26.3 Å². The molecule has 0 aromatic heterocycles. The zero-order chi connectivity index (χ0) is 11.9. The summed E-state index contributed by atoms with van der Waals surface area (Å²) >= 11 is 0. The third-order valence-electron chi connectivity index (χ3n) is 1.04. The fourth-order valence-electron chi connectivity index (χ4n) is 0.609. The van der Waals surface area contributed by atoms with Crippen molar-refractivity contribution < 1.29 is 58.4 Å². The van der Waals surface area contributed by atoms with E-state index in [0.29, 0.717) is 12.3 Å². The molecule has 0 aliphatic rings. The predicted molar refractivity (Wildman–Crippen MR) is 50.4 cm³/mol. The summed E-state index contributed by atoms with van der Waals surface area (Å²) in [5.41, 5.74) is 5.22. The summed E-state index contributed by atoms with van der Waals surface area (Å²) in [5, 5.41) is 8.31. The molecule has 9 heteroatoms. The van der Waals surface area contributed by atoms with Crippen LogP contribution in [0.25, 0.3) is 0 Å². The van der Waals surface area contributed by atoms with Crippen LogP contribution in [0, 0.1) is 5.92 Å². The molecule has 0 saturated heterocycles. The molecule has 0 aliphatic carbocycles. The summed E-state index contributed by atoms with van der Waals surface area (Å²) in [6, 6.07) is -0.690. The Kier molecular flexibility index (Phi) is 13.1. The summed E-state index contributed by atoms with van der Waals surface area (Å²) in [7, 11) is -4.67. The van der Waals surface area contributed by atoms with Crippen molar-refractivity contribution in [3.05, 3.63) is 0 Å². The Morgan fingerprint density at radius 2 is 1.67 bits per heavy atom. The molecule has 0 aromatic carbocycles. The van der Waals surface area contributed by atoms with Gasteiger partial charge in [0.15, 0.2) is 0 Å². The van der Waals surface area contributed by atoms with Crippen molar-refractivity contribution >= 4 is 16.4 Å². The Balaban J connectivity index is -0.0000000904. The van der Waals surface area contributed by atoms with Crippen molar-refractivity contribution in [2.75, 3.05) is 0 Å². The van der Waals surface area contributed by atoms with Gasteiger partial charge >= 0.3 is 45.9 Å². The van der Waals surface area contributed by atoms with E-state index in [9.17, 15) is 4.79 Å². The van der Waals surface area contributed by atoms with Crippen molar-refractivity contribution in [3.8, 4) is 0 Å². The van der Waals surface area contributed by atoms with Gasteiger partial charge in [-0.3, -0.25) is 13.9 Å². The number of hydrogen-bond acceptors (Lipinski definition) is 4. The molecule has 0 fully saturated rings. The molecule has 15 heavy (non-hydrogen) atoms. The van der Waals surface area contributed by atoms with Crippen LogP contribution in [0.4, 0.5) is 0 Å². The van der Waals surface area contributed by atoms with E-state index in [1.165, 1.54) is 0 Å². The third-order valence-corrected chi connectivity index (χ3v) is 1.04. The monoisotopic (exact) mass is 253 g/mol. The van der Waals surface area contributed by atoms with Crippen LogP contribution in [-0.2, 0) is 15.2 Å².